The van der Waals surface area contributed by atoms with Crippen molar-refractivity contribution in [3.8, 4) is 0 Å². The van der Waals surface area contributed by atoms with Gasteiger partial charge in [0, 0.05) is 24.2 Å². The molecule has 3 rings (SSSR count). The SMILES string of the molecule is CC1(C(=O)O)CCCN1Cc1cc(=O)n2ccsc2n1. The number of nitrogens with zero attached hydrogens (tertiary/aromatic N) is 3. The number of carboxylic acid groups (broad SMARTS) is 1. The van der Waals surface area contributed by atoms with E-state index in [0.717, 1.165) is 6.42 Å². The molecule has 0 bridgehead atoms. The summed E-state index contributed by atoms with van der Waals surface area (Å²) in [5.74, 6) is -0.816. The number of carboxylic acids is 1. The van der Waals surface area contributed by atoms with Gasteiger partial charge in [-0.2, -0.15) is 0 Å². The van der Waals surface area contributed by atoms with Crippen LogP contribution in [0, 0.1) is 0 Å². The monoisotopic (exact) mass is 293 g/mol. The van der Waals surface area contributed by atoms with E-state index in [1.807, 2.05) is 10.3 Å². The number of rotatable bonds is 3. The Morgan fingerprint density at radius 3 is 3.15 bits per heavy atom. The van der Waals surface area contributed by atoms with Crippen molar-refractivity contribution >= 4 is 22.3 Å². The van der Waals surface area contributed by atoms with Crippen molar-refractivity contribution in [2.24, 2.45) is 0 Å². The highest BCUT2D eigenvalue weighted by molar-refractivity contribution is 7.15. The van der Waals surface area contributed by atoms with Crippen LogP contribution in [0.25, 0.3) is 4.96 Å². The molecular weight excluding hydrogens is 278 g/mol. The first-order chi connectivity index (χ1) is 9.50. The molecule has 0 aromatic carbocycles. The van der Waals surface area contributed by atoms with Gasteiger partial charge in [-0.1, -0.05) is 0 Å². The maximum atomic E-state index is 11.9. The predicted octanol–water partition coefficient (Wildman–Crippen LogP) is 1.20. The molecule has 7 heteroatoms. The van der Waals surface area contributed by atoms with Crippen LogP contribution >= 0.6 is 11.3 Å². The van der Waals surface area contributed by atoms with E-state index in [-0.39, 0.29) is 5.56 Å². The van der Waals surface area contributed by atoms with Crippen LogP contribution in [0.2, 0.25) is 0 Å². The van der Waals surface area contributed by atoms with Gasteiger partial charge in [0.15, 0.2) is 4.96 Å². The largest absolute Gasteiger partial charge is 0.480 e. The van der Waals surface area contributed by atoms with E-state index in [9.17, 15) is 14.7 Å². The number of carbonyl (C=O) groups is 1. The minimum absolute atomic E-state index is 0.123. The Morgan fingerprint density at radius 2 is 2.40 bits per heavy atom. The van der Waals surface area contributed by atoms with Crippen LogP contribution in [-0.2, 0) is 11.3 Å². The number of hydrogen-bond acceptors (Lipinski definition) is 5. The Kier molecular flexibility index (Phi) is 3.10. The van der Waals surface area contributed by atoms with E-state index in [1.54, 1.807) is 13.1 Å². The number of likely N-dealkylation sites (tertiary alicyclic amines) is 1. The highest BCUT2D eigenvalue weighted by Crippen LogP contribution is 2.30. The smallest absolute Gasteiger partial charge is 0.323 e. The van der Waals surface area contributed by atoms with Gasteiger partial charge in [0.25, 0.3) is 5.56 Å². The van der Waals surface area contributed by atoms with Crippen LogP contribution < -0.4 is 5.56 Å². The van der Waals surface area contributed by atoms with Crippen molar-refractivity contribution in [3.63, 3.8) is 0 Å². The fourth-order valence-corrected chi connectivity index (χ4v) is 3.42. The molecular formula is C13H15N3O3S. The minimum Gasteiger partial charge on any atom is -0.480 e. The molecule has 20 heavy (non-hydrogen) atoms. The van der Waals surface area contributed by atoms with Gasteiger partial charge in [-0.15, -0.1) is 11.3 Å². The summed E-state index contributed by atoms with van der Waals surface area (Å²) < 4.78 is 1.49. The quantitative estimate of drug-likeness (QED) is 0.920. The van der Waals surface area contributed by atoms with Crippen LogP contribution in [0.4, 0.5) is 0 Å². The Balaban J connectivity index is 1.93. The summed E-state index contributed by atoms with van der Waals surface area (Å²) >= 11 is 1.40. The molecule has 0 amide bonds. The van der Waals surface area contributed by atoms with Crippen molar-refractivity contribution < 1.29 is 9.90 Å². The first-order valence-corrected chi connectivity index (χ1v) is 7.33. The molecule has 0 radical (unpaired) electrons. The van der Waals surface area contributed by atoms with E-state index in [2.05, 4.69) is 4.98 Å². The second-order valence-corrected chi connectivity index (χ2v) is 6.12. The molecule has 0 saturated carbocycles. The number of hydrogen-bond donors (Lipinski definition) is 1. The zero-order chi connectivity index (χ0) is 14.3. The maximum Gasteiger partial charge on any atom is 0.323 e. The standard InChI is InChI=1S/C13H15N3O3S/c1-13(11(18)19)3-2-4-15(13)8-9-7-10(17)16-5-6-20-12(16)14-9/h5-7H,2-4,8H2,1H3,(H,18,19). The van der Waals surface area contributed by atoms with Crippen molar-refractivity contribution in [2.45, 2.75) is 31.8 Å². The summed E-state index contributed by atoms with van der Waals surface area (Å²) in [5.41, 5.74) is -0.350. The second-order valence-electron chi connectivity index (χ2n) is 5.25. The Hall–Kier alpha value is -1.73. The van der Waals surface area contributed by atoms with Gasteiger partial charge in [-0.05, 0) is 26.3 Å². The predicted molar refractivity (Wildman–Crippen MR) is 75.0 cm³/mol. The first kappa shape index (κ1) is 13.3. The summed E-state index contributed by atoms with van der Waals surface area (Å²) in [6.45, 7) is 2.85. The van der Waals surface area contributed by atoms with Crippen LogP contribution in [0.5, 0.6) is 0 Å². The molecule has 1 fully saturated rings. The second kappa shape index (κ2) is 4.68. The van der Waals surface area contributed by atoms with Gasteiger partial charge in [0.2, 0.25) is 0 Å². The number of fused-ring (bicyclic) bond motifs is 1. The lowest BCUT2D eigenvalue weighted by Gasteiger charge is -2.30. The van der Waals surface area contributed by atoms with Crippen molar-refractivity contribution in [1.29, 1.82) is 0 Å². The highest BCUT2D eigenvalue weighted by Gasteiger charge is 2.43. The molecule has 6 nitrogen and oxygen atoms in total. The summed E-state index contributed by atoms with van der Waals surface area (Å²) in [7, 11) is 0. The maximum absolute atomic E-state index is 11.9. The van der Waals surface area contributed by atoms with Gasteiger partial charge in [0.05, 0.1) is 5.69 Å². The minimum atomic E-state index is -0.859. The van der Waals surface area contributed by atoms with E-state index in [0.29, 0.717) is 30.2 Å². The third-order valence-corrected chi connectivity index (χ3v) is 4.72. The van der Waals surface area contributed by atoms with Crippen LogP contribution in [0.3, 0.4) is 0 Å². The fraction of sp³-hybridized carbons (Fsp3) is 0.462. The summed E-state index contributed by atoms with van der Waals surface area (Å²) in [4.78, 5) is 30.3. The zero-order valence-electron chi connectivity index (χ0n) is 11.1. The number of aliphatic carboxylic acids is 1. The average molecular weight is 293 g/mol. The molecule has 1 aliphatic heterocycles. The molecule has 2 aromatic heterocycles. The van der Waals surface area contributed by atoms with Gasteiger partial charge >= 0.3 is 5.97 Å². The molecule has 3 heterocycles. The van der Waals surface area contributed by atoms with Gasteiger partial charge in [-0.25, -0.2) is 4.98 Å². The Morgan fingerprint density at radius 1 is 1.60 bits per heavy atom. The summed E-state index contributed by atoms with van der Waals surface area (Å²) in [6.07, 6.45) is 3.17. The van der Waals surface area contributed by atoms with Crippen LogP contribution in [0.1, 0.15) is 25.5 Å². The first-order valence-electron chi connectivity index (χ1n) is 6.45. The summed E-state index contributed by atoms with van der Waals surface area (Å²) in [5, 5.41) is 11.2. The average Bonchev–Trinajstić information content (AvgIpc) is 2.98. The third-order valence-electron chi connectivity index (χ3n) is 3.96. The molecule has 0 spiro atoms. The van der Waals surface area contributed by atoms with Crippen molar-refractivity contribution in [2.75, 3.05) is 6.54 Å². The van der Waals surface area contributed by atoms with E-state index in [1.165, 1.54) is 21.8 Å². The lowest BCUT2D eigenvalue weighted by atomic mass is 9.99. The molecule has 1 unspecified atom stereocenters. The molecule has 1 atom stereocenters. The van der Waals surface area contributed by atoms with E-state index in [4.69, 9.17) is 0 Å². The zero-order valence-corrected chi connectivity index (χ0v) is 11.9. The fourth-order valence-electron chi connectivity index (χ4n) is 2.68. The molecule has 106 valence electrons. The molecule has 2 aromatic rings. The molecule has 1 saturated heterocycles. The van der Waals surface area contributed by atoms with Gasteiger partial charge < -0.3 is 5.11 Å². The highest BCUT2D eigenvalue weighted by atomic mass is 32.1. The lowest BCUT2D eigenvalue weighted by Crippen LogP contribution is -2.47. The molecule has 1 aliphatic rings. The molecule has 0 aliphatic carbocycles. The van der Waals surface area contributed by atoms with E-state index < -0.39 is 11.5 Å². The normalized spacial score (nSPS) is 23.4. The Labute approximate surface area is 119 Å². The third kappa shape index (κ3) is 2.03. The van der Waals surface area contributed by atoms with Gasteiger partial charge in [0.1, 0.15) is 5.54 Å². The molecule has 1 N–H and O–H groups in total. The van der Waals surface area contributed by atoms with Crippen LogP contribution in [0.15, 0.2) is 22.4 Å². The van der Waals surface area contributed by atoms with Crippen LogP contribution in [-0.4, -0.2) is 37.4 Å². The number of thiazole rings is 1. The topological polar surface area (TPSA) is 74.9 Å². The Bertz CT molecular complexity index is 723. The van der Waals surface area contributed by atoms with Crippen molar-refractivity contribution in [1.82, 2.24) is 14.3 Å². The number of aromatic nitrogens is 2. The van der Waals surface area contributed by atoms with Crippen molar-refractivity contribution in [3.05, 3.63) is 33.7 Å². The summed E-state index contributed by atoms with van der Waals surface area (Å²) in [6, 6.07) is 1.49. The van der Waals surface area contributed by atoms with E-state index >= 15 is 0 Å². The lowest BCUT2D eigenvalue weighted by molar-refractivity contribution is -0.148. The van der Waals surface area contributed by atoms with Gasteiger partial charge in [-0.3, -0.25) is 18.9 Å².